The number of hydrogen-bond donors (Lipinski definition) is 3. The predicted molar refractivity (Wildman–Crippen MR) is 158 cm³/mol. The smallest absolute Gasteiger partial charge is 0.227 e. The van der Waals surface area contributed by atoms with Gasteiger partial charge in [0.1, 0.15) is 0 Å². The Morgan fingerprint density at radius 2 is 1.70 bits per heavy atom. The molecule has 0 bridgehead atoms. The highest BCUT2D eigenvalue weighted by Crippen LogP contribution is 2.32. The van der Waals surface area contributed by atoms with Crippen LogP contribution in [-0.2, 0) is 16.0 Å². The number of nitriles is 1. The Labute approximate surface area is 239 Å². The number of nitrogens with one attached hydrogen (secondary N) is 1. The van der Waals surface area contributed by atoms with Crippen LogP contribution in [-0.4, -0.2) is 50.6 Å². The van der Waals surface area contributed by atoms with Crippen LogP contribution >= 0.6 is 0 Å². The Morgan fingerprint density at radius 1 is 1.00 bits per heavy atom. The van der Waals surface area contributed by atoms with Gasteiger partial charge in [0, 0.05) is 37.8 Å². The normalized spacial score (nSPS) is 14.3. The molecule has 40 heavy (non-hydrogen) atoms. The van der Waals surface area contributed by atoms with Gasteiger partial charge in [-0.25, -0.2) is 0 Å². The summed E-state index contributed by atoms with van der Waals surface area (Å²) < 4.78 is 16.5. The van der Waals surface area contributed by atoms with E-state index in [1.165, 1.54) is 0 Å². The molecule has 4 atom stereocenters. The second-order valence-corrected chi connectivity index (χ2v) is 11.1. The first-order valence-electron chi connectivity index (χ1n) is 14.1. The van der Waals surface area contributed by atoms with Gasteiger partial charge < -0.3 is 30.4 Å². The minimum absolute atomic E-state index is 0.0164. The standard InChI is InChI=1S/C32H47N3O5/c1-21(2)25(16-24-10-13-30(39-6)31(17-24)40-15-7-14-38-5)18-28(34)29(36)19-27(22(3)4)32(37)35-26-11-8-23(20-33)9-12-26/h8-13,17,21-22,25,27-29,36H,7,14-16,18-19,34H2,1-6H3,(H,35,37)/t25-,27-,28-,29-/m0/s1. The van der Waals surface area contributed by atoms with Crippen LogP contribution in [0.2, 0.25) is 0 Å². The van der Waals surface area contributed by atoms with E-state index in [9.17, 15) is 9.90 Å². The number of ether oxygens (including phenoxy) is 3. The number of aliphatic hydroxyl groups excluding tert-OH is 1. The van der Waals surface area contributed by atoms with Gasteiger partial charge in [0.05, 0.1) is 31.5 Å². The summed E-state index contributed by atoms with van der Waals surface area (Å²) in [7, 11) is 3.30. The van der Waals surface area contributed by atoms with Crippen LogP contribution in [0.4, 0.5) is 5.69 Å². The number of nitrogens with two attached hydrogens (primary N) is 1. The van der Waals surface area contributed by atoms with Crippen LogP contribution < -0.4 is 20.5 Å². The summed E-state index contributed by atoms with van der Waals surface area (Å²) in [5.41, 5.74) is 8.81. The van der Waals surface area contributed by atoms with E-state index in [1.807, 2.05) is 32.0 Å². The Morgan fingerprint density at radius 3 is 2.27 bits per heavy atom. The monoisotopic (exact) mass is 553 g/mol. The van der Waals surface area contributed by atoms with Gasteiger partial charge in [0.2, 0.25) is 5.91 Å². The summed E-state index contributed by atoms with van der Waals surface area (Å²) in [4.78, 5) is 13.1. The molecule has 0 aromatic heterocycles. The summed E-state index contributed by atoms with van der Waals surface area (Å²) in [6.07, 6.45) is 1.64. The van der Waals surface area contributed by atoms with Crippen molar-refractivity contribution in [2.24, 2.45) is 29.4 Å². The van der Waals surface area contributed by atoms with Gasteiger partial charge >= 0.3 is 0 Å². The maximum Gasteiger partial charge on any atom is 0.227 e. The maximum absolute atomic E-state index is 13.1. The Balaban J connectivity index is 2.04. The fraction of sp³-hybridized carbons (Fsp3) is 0.562. The van der Waals surface area contributed by atoms with Crippen LogP contribution in [0.1, 0.15) is 58.1 Å². The number of amides is 1. The van der Waals surface area contributed by atoms with Crippen molar-refractivity contribution in [3.8, 4) is 17.6 Å². The molecule has 0 unspecified atom stereocenters. The van der Waals surface area contributed by atoms with E-state index in [4.69, 9.17) is 25.2 Å². The molecule has 0 aliphatic rings. The maximum atomic E-state index is 13.1. The quantitative estimate of drug-likeness (QED) is 0.231. The number of carbonyl (C=O) groups excluding carboxylic acids is 1. The number of hydrogen-bond acceptors (Lipinski definition) is 7. The van der Waals surface area contributed by atoms with Gasteiger partial charge in [-0.05, 0) is 79.0 Å². The molecule has 220 valence electrons. The first-order chi connectivity index (χ1) is 19.1. The molecule has 0 spiro atoms. The molecule has 8 heteroatoms. The summed E-state index contributed by atoms with van der Waals surface area (Å²) in [5, 5.41) is 23.0. The van der Waals surface area contributed by atoms with Crippen molar-refractivity contribution in [3.05, 3.63) is 53.6 Å². The molecule has 2 rings (SSSR count). The van der Waals surface area contributed by atoms with Crippen LogP contribution in [0.5, 0.6) is 11.5 Å². The number of aliphatic hydroxyl groups is 1. The van der Waals surface area contributed by atoms with Crippen LogP contribution in [0.25, 0.3) is 0 Å². The summed E-state index contributed by atoms with van der Waals surface area (Å²) >= 11 is 0. The molecule has 8 nitrogen and oxygen atoms in total. The molecule has 0 aliphatic heterocycles. The Bertz CT molecular complexity index is 1080. The minimum atomic E-state index is -0.823. The van der Waals surface area contributed by atoms with Crippen molar-refractivity contribution in [3.63, 3.8) is 0 Å². The molecule has 2 aromatic rings. The second-order valence-electron chi connectivity index (χ2n) is 11.1. The number of rotatable bonds is 17. The largest absolute Gasteiger partial charge is 0.493 e. The Kier molecular flexibility index (Phi) is 13.9. The first-order valence-corrected chi connectivity index (χ1v) is 14.1. The van der Waals surface area contributed by atoms with Gasteiger partial charge in [0.15, 0.2) is 11.5 Å². The van der Waals surface area contributed by atoms with Gasteiger partial charge in [0.25, 0.3) is 0 Å². The zero-order valence-electron chi connectivity index (χ0n) is 24.9. The first kappa shape index (κ1) is 33.1. The van der Waals surface area contributed by atoms with Crippen molar-refractivity contribution in [1.82, 2.24) is 0 Å². The van der Waals surface area contributed by atoms with E-state index in [-0.39, 0.29) is 24.2 Å². The van der Waals surface area contributed by atoms with Crippen molar-refractivity contribution in [2.75, 3.05) is 32.8 Å². The number of benzene rings is 2. The van der Waals surface area contributed by atoms with Gasteiger partial charge in [-0.15, -0.1) is 0 Å². The molecular weight excluding hydrogens is 506 g/mol. The highest BCUT2D eigenvalue weighted by molar-refractivity contribution is 5.92. The lowest BCUT2D eigenvalue weighted by atomic mass is 9.81. The highest BCUT2D eigenvalue weighted by Gasteiger charge is 2.30. The molecule has 4 N–H and O–H groups in total. The number of methoxy groups -OCH3 is 2. The third-order valence-electron chi connectivity index (χ3n) is 7.41. The van der Waals surface area contributed by atoms with E-state index in [0.29, 0.717) is 48.3 Å². The molecule has 0 saturated heterocycles. The predicted octanol–water partition coefficient (Wildman–Crippen LogP) is 5.18. The second kappa shape index (κ2) is 16.9. The van der Waals surface area contributed by atoms with E-state index >= 15 is 0 Å². The topological polar surface area (TPSA) is 127 Å². The average Bonchev–Trinajstić information content (AvgIpc) is 2.93. The fourth-order valence-corrected chi connectivity index (χ4v) is 4.73. The number of carbonyl (C=O) groups is 1. The molecule has 0 aliphatic carbocycles. The van der Waals surface area contributed by atoms with Gasteiger partial charge in [-0.3, -0.25) is 4.79 Å². The van der Waals surface area contributed by atoms with E-state index < -0.39 is 18.1 Å². The summed E-state index contributed by atoms with van der Waals surface area (Å²) in [5.74, 6) is 1.40. The third-order valence-corrected chi connectivity index (χ3v) is 7.41. The molecule has 0 radical (unpaired) electrons. The van der Waals surface area contributed by atoms with Crippen LogP contribution in [0.3, 0.4) is 0 Å². The molecule has 2 aromatic carbocycles. The SMILES string of the molecule is COCCCOc1cc(C[C@@H](C[C@H](N)[C@@H](O)C[C@H](C(=O)Nc2ccc(C#N)cc2)C(C)C)C(C)C)ccc1OC. The van der Waals surface area contributed by atoms with E-state index in [2.05, 4.69) is 25.2 Å². The molecule has 0 heterocycles. The van der Waals surface area contributed by atoms with E-state index in [0.717, 1.165) is 18.4 Å². The Hall–Kier alpha value is -3.12. The van der Waals surface area contributed by atoms with Crippen LogP contribution in [0, 0.1) is 35.0 Å². The summed E-state index contributed by atoms with van der Waals surface area (Å²) in [6.45, 7) is 9.43. The molecule has 0 fully saturated rings. The molecule has 0 saturated carbocycles. The number of anilines is 1. The third kappa shape index (κ3) is 10.5. The zero-order valence-corrected chi connectivity index (χ0v) is 24.9. The number of nitrogens with zero attached hydrogens (tertiary/aromatic N) is 1. The van der Waals surface area contributed by atoms with Crippen LogP contribution in [0.15, 0.2) is 42.5 Å². The van der Waals surface area contributed by atoms with Crippen molar-refractivity contribution >= 4 is 11.6 Å². The zero-order chi connectivity index (χ0) is 29.7. The van der Waals surface area contributed by atoms with E-state index in [1.54, 1.807) is 38.5 Å². The lowest BCUT2D eigenvalue weighted by molar-refractivity contribution is -0.122. The highest BCUT2D eigenvalue weighted by atomic mass is 16.5. The van der Waals surface area contributed by atoms with Crippen molar-refractivity contribution in [1.29, 1.82) is 5.26 Å². The molecular formula is C32H47N3O5. The van der Waals surface area contributed by atoms with Gasteiger partial charge in [-0.2, -0.15) is 5.26 Å². The lowest BCUT2D eigenvalue weighted by Crippen LogP contribution is -2.41. The molecule has 1 amide bonds. The van der Waals surface area contributed by atoms with Crippen molar-refractivity contribution in [2.45, 2.75) is 65.5 Å². The minimum Gasteiger partial charge on any atom is -0.493 e. The fourth-order valence-electron chi connectivity index (χ4n) is 4.73. The lowest BCUT2D eigenvalue weighted by Gasteiger charge is -2.30. The summed E-state index contributed by atoms with van der Waals surface area (Å²) in [6, 6.07) is 14.3. The average molecular weight is 554 g/mol. The van der Waals surface area contributed by atoms with Crippen molar-refractivity contribution < 1.29 is 24.1 Å². The van der Waals surface area contributed by atoms with Gasteiger partial charge in [-0.1, -0.05) is 33.8 Å².